The Morgan fingerprint density at radius 3 is 2.89 bits per heavy atom. The zero-order chi connectivity index (χ0) is 12.5. The highest BCUT2D eigenvalue weighted by atomic mass is 35.5. The summed E-state index contributed by atoms with van der Waals surface area (Å²) in [6.07, 6.45) is 2.15. The van der Waals surface area contributed by atoms with Gasteiger partial charge >= 0.3 is 0 Å². The second-order valence-corrected chi connectivity index (χ2v) is 4.43. The second kappa shape index (κ2) is 4.41. The normalized spacial score (nSPS) is 18.6. The van der Waals surface area contributed by atoms with E-state index in [0.29, 0.717) is 5.96 Å². The van der Waals surface area contributed by atoms with Crippen molar-refractivity contribution >= 4 is 23.5 Å². The van der Waals surface area contributed by atoms with Crippen LogP contribution in [0.3, 0.4) is 0 Å². The highest BCUT2D eigenvalue weighted by molar-refractivity contribution is 6.29. The van der Waals surface area contributed by atoms with Crippen molar-refractivity contribution in [2.75, 3.05) is 13.1 Å². The van der Waals surface area contributed by atoms with Crippen LogP contribution >= 0.6 is 11.6 Å². The van der Waals surface area contributed by atoms with Gasteiger partial charge in [0.15, 0.2) is 5.15 Å². The first-order chi connectivity index (χ1) is 8.74. The number of nitrogens with zero attached hydrogens (tertiary/aromatic N) is 4. The molecule has 3 rings (SSSR count). The minimum Gasteiger partial charge on any atom is -0.340 e. The third-order valence-electron chi connectivity index (χ3n) is 2.82. The summed E-state index contributed by atoms with van der Waals surface area (Å²) in [4.78, 5) is 19.1. The van der Waals surface area contributed by atoms with Gasteiger partial charge in [-0.15, -0.1) is 10.2 Å². The molecule has 7 nitrogen and oxygen atoms in total. The lowest BCUT2D eigenvalue weighted by atomic mass is 10.3. The summed E-state index contributed by atoms with van der Waals surface area (Å²) in [5.74, 6) is 0.127. The number of likely N-dealkylation sites (tertiary alicyclic amines) is 1. The standard InChI is InChI=1S/C10H10ClN5O2/c11-7-5-6-8(17)12-10(16-3-1-2-4-16)15-18-9(6)14-13-7/h5H,1-4H2,(H,12,15,17). The second-order valence-electron chi connectivity index (χ2n) is 4.04. The highest BCUT2D eigenvalue weighted by Crippen LogP contribution is 2.20. The third kappa shape index (κ3) is 1.97. The maximum absolute atomic E-state index is 12.0. The van der Waals surface area contributed by atoms with Gasteiger partial charge in [0.1, 0.15) is 5.56 Å². The van der Waals surface area contributed by atoms with E-state index in [1.54, 1.807) is 0 Å². The number of aromatic nitrogens is 2. The molecule has 1 N–H and O–H groups in total. The predicted octanol–water partition coefficient (Wildman–Crippen LogP) is 0.619. The highest BCUT2D eigenvalue weighted by Gasteiger charge is 2.25. The van der Waals surface area contributed by atoms with Crippen LogP contribution in [-0.2, 0) is 0 Å². The molecule has 1 amide bonds. The minimum atomic E-state index is -0.343. The van der Waals surface area contributed by atoms with Crippen LogP contribution in [0.15, 0.2) is 11.2 Å². The molecule has 0 saturated carbocycles. The zero-order valence-electron chi connectivity index (χ0n) is 9.39. The van der Waals surface area contributed by atoms with E-state index in [0.717, 1.165) is 25.9 Å². The monoisotopic (exact) mass is 267 g/mol. The van der Waals surface area contributed by atoms with Crippen LogP contribution in [0.2, 0.25) is 5.15 Å². The molecule has 0 spiro atoms. The molecule has 0 unspecified atom stereocenters. The number of amides is 1. The van der Waals surface area contributed by atoms with Gasteiger partial charge in [0.05, 0.1) is 0 Å². The van der Waals surface area contributed by atoms with E-state index in [1.807, 2.05) is 4.90 Å². The zero-order valence-corrected chi connectivity index (χ0v) is 10.1. The van der Waals surface area contributed by atoms with Crippen molar-refractivity contribution in [3.8, 4) is 5.88 Å². The smallest absolute Gasteiger partial charge is 0.280 e. The van der Waals surface area contributed by atoms with Gasteiger partial charge in [0.25, 0.3) is 11.8 Å². The number of fused-ring (bicyclic) bond motifs is 1. The molecule has 0 aliphatic carbocycles. The Bertz CT molecular complexity index is 527. The first-order valence-corrected chi connectivity index (χ1v) is 5.96. The summed E-state index contributed by atoms with van der Waals surface area (Å²) in [5, 5.41) is 14.0. The molecule has 0 atom stereocenters. The van der Waals surface area contributed by atoms with E-state index in [-0.39, 0.29) is 22.5 Å². The number of oxime groups is 1. The SMILES string of the molecule is O=C1NC(N2CCCC2)=NOc2nnc(Cl)cc21. The molecule has 8 heteroatoms. The van der Waals surface area contributed by atoms with Crippen molar-refractivity contribution in [2.24, 2.45) is 5.16 Å². The number of nitrogens with one attached hydrogen (secondary N) is 1. The van der Waals surface area contributed by atoms with Crippen molar-refractivity contribution < 1.29 is 9.63 Å². The van der Waals surface area contributed by atoms with Gasteiger partial charge in [-0.05, 0) is 24.1 Å². The average Bonchev–Trinajstić information content (AvgIpc) is 2.84. The number of hydrogen-bond donors (Lipinski definition) is 1. The lowest BCUT2D eigenvalue weighted by Gasteiger charge is -2.17. The number of carbonyl (C=O) groups is 1. The predicted molar refractivity (Wildman–Crippen MR) is 63.4 cm³/mol. The molecule has 0 bridgehead atoms. The van der Waals surface area contributed by atoms with Gasteiger partial charge in [-0.25, -0.2) is 0 Å². The molecule has 3 heterocycles. The summed E-state index contributed by atoms with van der Waals surface area (Å²) in [5.41, 5.74) is 0.230. The van der Waals surface area contributed by atoms with Crippen LogP contribution in [0.5, 0.6) is 5.88 Å². The maximum atomic E-state index is 12.0. The fourth-order valence-corrected chi connectivity index (χ4v) is 2.08. The van der Waals surface area contributed by atoms with Crippen LogP contribution in [0, 0.1) is 0 Å². The largest absolute Gasteiger partial charge is 0.340 e. The van der Waals surface area contributed by atoms with Crippen molar-refractivity contribution in [3.63, 3.8) is 0 Å². The lowest BCUT2D eigenvalue weighted by molar-refractivity contribution is 0.0972. The van der Waals surface area contributed by atoms with Crippen LogP contribution in [0.1, 0.15) is 23.2 Å². The van der Waals surface area contributed by atoms with E-state index in [4.69, 9.17) is 16.4 Å². The summed E-state index contributed by atoms with van der Waals surface area (Å²) in [6.45, 7) is 1.70. The Morgan fingerprint density at radius 1 is 1.33 bits per heavy atom. The molecular weight excluding hydrogens is 258 g/mol. The summed E-state index contributed by atoms with van der Waals surface area (Å²) >= 11 is 5.70. The van der Waals surface area contributed by atoms with Gasteiger partial charge in [-0.3, -0.25) is 10.1 Å². The summed E-state index contributed by atoms with van der Waals surface area (Å²) < 4.78 is 0. The van der Waals surface area contributed by atoms with Gasteiger partial charge < -0.3 is 9.74 Å². The lowest BCUT2D eigenvalue weighted by Crippen LogP contribution is -2.42. The van der Waals surface area contributed by atoms with Gasteiger partial charge in [0, 0.05) is 13.1 Å². The average molecular weight is 268 g/mol. The van der Waals surface area contributed by atoms with E-state index < -0.39 is 0 Å². The molecule has 1 aromatic heterocycles. The Hall–Kier alpha value is -1.89. The Kier molecular flexibility index (Phi) is 2.75. The Morgan fingerprint density at radius 2 is 2.11 bits per heavy atom. The topological polar surface area (TPSA) is 79.7 Å². The van der Waals surface area contributed by atoms with E-state index in [2.05, 4.69) is 20.7 Å². The number of guanidine groups is 1. The molecule has 0 aromatic carbocycles. The molecule has 0 radical (unpaired) electrons. The first-order valence-electron chi connectivity index (χ1n) is 5.58. The molecule has 2 aliphatic rings. The number of carbonyl (C=O) groups excluding carboxylic acids is 1. The van der Waals surface area contributed by atoms with Crippen LogP contribution < -0.4 is 10.2 Å². The summed E-state index contributed by atoms with van der Waals surface area (Å²) in [7, 11) is 0. The van der Waals surface area contributed by atoms with Crippen LogP contribution in [0.25, 0.3) is 0 Å². The fourth-order valence-electron chi connectivity index (χ4n) is 1.93. The van der Waals surface area contributed by atoms with Gasteiger partial charge in [0.2, 0.25) is 5.96 Å². The number of rotatable bonds is 0. The number of hydrogen-bond acceptors (Lipinski definition) is 6. The third-order valence-corrected chi connectivity index (χ3v) is 3.01. The van der Waals surface area contributed by atoms with Crippen molar-refractivity contribution in [2.45, 2.75) is 12.8 Å². The quantitative estimate of drug-likeness (QED) is 0.745. The van der Waals surface area contributed by atoms with Gasteiger partial charge in [-0.2, -0.15) is 0 Å². The molecule has 2 aliphatic heterocycles. The van der Waals surface area contributed by atoms with Crippen molar-refractivity contribution in [1.29, 1.82) is 0 Å². The van der Waals surface area contributed by atoms with E-state index in [1.165, 1.54) is 6.07 Å². The molecule has 94 valence electrons. The minimum absolute atomic E-state index is 0.0612. The van der Waals surface area contributed by atoms with Crippen molar-refractivity contribution in [1.82, 2.24) is 20.4 Å². The first kappa shape index (κ1) is 11.2. The molecule has 1 aromatic rings. The Balaban J connectivity index is 1.90. The molecule has 1 saturated heterocycles. The molecule has 18 heavy (non-hydrogen) atoms. The Labute approximate surface area is 108 Å². The van der Waals surface area contributed by atoms with E-state index >= 15 is 0 Å². The van der Waals surface area contributed by atoms with Crippen molar-refractivity contribution in [3.05, 3.63) is 16.8 Å². The van der Waals surface area contributed by atoms with Gasteiger partial charge in [-0.1, -0.05) is 11.6 Å². The summed E-state index contributed by atoms with van der Waals surface area (Å²) in [6, 6.07) is 1.40. The molecule has 1 fully saturated rings. The maximum Gasteiger partial charge on any atom is 0.280 e. The fraction of sp³-hybridized carbons (Fsp3) is 0.400. The molecular formula is C10H10ClN5O2. The van der Waals surface area contributed by atoms with E-state index in [9.17, 15) is 4.79 Å². The van der Waals surface area contributed by atoms with Crippen LogP contribution in [0.4, 0.5) is 0 Å². The van der Waals surface area contributed by atoms with Crippen LogP contribution in [-0.4, -0.2) is 40.1 Å². The number of halogens is 1.